The first-order valence-electron chi connectivity index (χ1n) is 6.08. The Bertz CT molecular complexity index is 786. The van der Waals surface area contributed by atoms with Gasteiger partial charge in [-0.15, -0.1) is 0 Å². The van der Waals surface area contributed by atoms with Crippen molar-refractivity contribution in [3.8, 4) is 0 Å². The molecule has 0 atom stereocenters. The maximum Gasteiger partial charge on any atom is 0.354 e. The van der Waals surface area contributed by atoms with Crippen LogP contribution in [0.15, 0.2) is 70.6 Å². The Hall–Kier alpha value is -2.33. The maximum absolute atomic E-state index is 10.9. The number of carbonyl (C=O) groups is 1. The zero-order chi connectivity index (χ0) is 13.9. The van der Waals surface area contributed by atoms with Crippen LogP contribution >= 0.6 is 11.8 Å². The highest BCUT2D eigenvalue weighted by atomic mass is 32.2. The highest BCUT2D eigenvalue weighted by Gasteiger charge is 2.06. The third-order valence-corrected chi connectivity index (χ3v) is 3.89. The number of nitrogens with zero attached hydrogens (tertiary/aromatic N) is 1. The van der Waals surface area contributed by atoms with Gasteiger partial charge in [-0.1, -0.05) is 42.1 Å². The molecule has 0 bridgehead atoms. The first kappa shape index (κ1) is 12.7. The van der Waals surface area contributed by atoms with Crippen molar-refractivity contribution in [3.05, 3.63) is 66.5 Å². The van der Waals surface area contributed by atoms with Gasteiger partial charge in [0.05, 0.1) is 0 Å². The molecule has 3 rings (SSSR count). The van der Waals surface area contributed by atoms with E-state index in [1.807, 2.05) is 24.3 Å². The molecular weight excluding hydrogens is 270 g/mol. The highest BCUT2D eigenvalue weighted by Crippen LogP contribution is 2.30. The van der Waals surface area contributed by atoms with Crippen LogP contribution in [0.4, 0.5) is 0 Å². The van der Waals surface area contributed by atoms with Gasteiger partial charge in [0.15, 0.2) is 0 Å². The van der Waals surface area contributed by atoms with Crippen LogP contribution in [0.2, 0.25) is 0 Å². The lowest BCUT2D eigenvalue weighted by Crippen LogP contribution is -1.99. The van der Waals surface area contributed by atoms with Crippen LogP contribution in [0.25, 0.3) is 10.8 Å². The van der Waals surface area contributed by atoms with E-state index in [1.54, 1.807) is 6.07 Å². The fraction of sp³-hybridized carbons (Fsp3) is 0. The summed E-state index contributed by atoms with van der Waals surface area (Å²) in [5.41, 5.74) is 0.0655. The molecule has 98 valence electrons. The first-order chi connectivity index (χ1) is 9.72. The second-order valence-corrected chi connectivity index (χ2v) is 5.44. The van der Waals surface area contributed by atoms with Crippen molar-refractivity contribution in [1.82, 2.24) is 4.98 Å². The number of aromatic carboxylic acids is 1. The molecule has 3 nitrogen and oxygen atoms in total. The summed E-state index contributed by atoms with van der Waals surface area (Å²) in [6.45, 7) is 0. The van der Waals surface area contributed by atoms with Crippen molar-refractivity contribution in [3.63, 3.8) is 0 Å². The minimum atomic E-state index is -1.01. The fourth-order valence-electron chi connectivity index (χ4n) is 1.96. The zero-order valence-corrected chi connectivity index (χ0v) is 11.3. The smallest absolute Gasteiger partial charge is 0.354 e. The highest BCUT2D eigenvalue weighted by molar-refractivity contribution is 7.99. The van der Waals surface area contributed by atoms with E-state index in [9.17, 15) is 4.79 Å². The SMILES string of the molecule is O=C(O)c1cc(Sc2ccc3ccccc3c2)ccn1. The van der Waals surface area contributed by atoms with E-state index in [0.717, 1.165) is 9.79 Å². The van der Waals surface area contributed by atoms with Crippen LogP contribution < -0.4 is 0 Å². The summed E-state index contributed by atoms with van der Waals surface area (Å²) >= 11 is 1.53. The molecule has 0 aliphatic carbocycles. The van der Waals surface area contributed by atoms with E-state index in [1.165, 1.54) is 28.7 Å². The number of aromatic nitrogens is 1. The predicted molar refractivity (Wildman–Crippen MR) is 79.3 cm³/mol. The zero-order valence-electron chi connectivity index (χ0n) is 10.5. The molecule has 0 fully saturated rings. The summed E-state index contributed by atoms with van der Waals surface area (Å²) in [5, 5.41) is 11.3. The summed E-state index contributed by atoms with van der Waals surface area (Å²) in [6.07, 6.45) is 1.52. The van der Waals surface area contributed by atoms with E-state index in [0.29, 0.717) is 0 Å². The average Bonchev–Trinajstić information content (AvgIpc) is 2.47. The second kappa shape index (κ2) is 5.35. The van der Waals surface area contributed by atoms with Gasteiger partial charge in [-0.25, -0.2) is 9.78 Å². The minimum absolute atomic E-state index is 0.0655. The number of carboxylic acids is 1. The summed E-state index contributed by atoms with van der Waals surface area (Å²) in [5.74, 6) is -1.01. The van der Waals surface area contributed by atoms with Gasteiger partial charge in [-0.2, -0.15) is 0 Å². The van der Waals surface area contributed by atoms with Crippen LogP contribution in [0.1, 0.15) is 10.5 Å². The van der Waals surface area contributed by atoms with Gasteiger partial charge in [-0.3, -0.25) is 0 Å². The number of rotatable bonds is 3. The van der Waals surface area contributed by atoms with Crippen molar-refractivity contribution in [2.45, 2.75) is 9.79 Å². The third-order valence-electron chi connectivity index (χ3n) is 2.91. The first-order valence-corrected chi connectivity index (χ1v) is 6.90. The van der Waals surface area contributed by atoms with Crippen LogP contribution in [-0.2, 0) is 0 Å². The summed E-state index contributed by atoms with van der Waals surface area (Å²) < 4.78 is 0. The van der Waals surface area contributed by atoms with Crippen molar-refractivity contribution in [2.75, 3.05) is 0 Å². The molecule has 1 heterocycles. The molecule has 3 aromatic rings. The van der Waals surface area contributed by atoms with E-state index in [2.05, 4.69) is 29.2 Å². The van der Waals surface area contributed by atoms with Gasteiger partial charge < -0.3 is 5.11 Å². The third kappa shape index (κ3) is 2.65. The number of pyridine rings is 1. The van der Waals surface area contributed by atoms with Gasteiger partial charge in [-0.05, 0) is 35.0 Å². The van der Waals surface area contributed by atoms with Gasteiger partial charge >= 0.3 is 5.97 Å². The number of hydrogen-bond donors (Lipinski definition) is 1. The Morgan fingerprint density at radius 1 is 0.950 bits per heavy atom. The number of fused-ring (bicyclic) bond motifs is 1. The van der Waals surface area contributed by atoms with Gasteiger partial charge in [0.2, 0.25) is 0 Å². The van der Waals surface area contributed by atoms with E-state index in [4.69, 9.17) is 5.11 Å². The van der Waals surface area contributed by atoms with E-state index in [-0.39, 0.29) is 5.69 Å². The molecule has 0 amide bonds. The molecule has 0 spiro atoms. The fourth-order valence-corrected chi connectivity index (χ4v) is 2.85. The number of hydrogen-bond acceptors (Lipinski definition) is 3. The van der Waals surface area contributed by atoms with Crippen LogP contribution in [0.5, 0.6) is 0 Å². The summed E-state index contributed by atoms with van der Waals surface area (Å²) in [6, 6.07) is 17.7. The molecule has 0 saturated carbocycles. The van der Waals surface area contributed by atoms with Gasteiger partial charge in [0, 0.05) is 16.0 Å². The second-order valence-electron chi connectivity index (χ2n) is 4.29. The molecule has 1 aromatic heterocycles. The number of carboxylic acid groups (broad SMARTS) is 1. The van der Waals surface area contributed by atoms with Gasteiger partial charge in [0.1, 0.15) is 5.69 Å². The molecule has 20 heavy (non-hydrogen) atoms. The molecule has 0 aliphatic heterocycles. The molecule has 0 radical (unpaired) electrons. The van der Waals surface area contributed by atoms with Crippen LogP contribution in [-0.4, -0.2) is 16.1 Å². The standard InChI is InChI=1S/C16H11NO2S/c18-16(19)15-10-14(7-8-17-15)20-13-6-5-11-3-1-2-4-12(11)9-13/h1-10H,(H,18,19). The molecule has 2 aromatic carbocycles. The Morgan fingerprint density at radius 2 is 1.70 bits per heavy atom. The molecule has 0 aliphatic rings. The molecular formula is C16H11NO2S. The molecule has 1 N–H and O–H groups in total. The topological polar surface area (TPSA) is 50.2 Å². The normalized spacial score (nSPS) is 10.6. The van der Waals surface area contributed by atoms with Crippen molar-refractivity contribution >= 4 is 28.5 Å². The monoisotopic (exact) mass is 281 g/mol. The lowest BCUT2D eigenvalue weighted by atomic mass is 10.1. The number of benzene rings is 2. The Balaban J connectivity index is 1.92. The molecule has 0 unspecified atom stereocenters. The van der Waals surface area contributed by atoms with Crippen molar-refractivity contribution in [1.29, 1.82) is 0 Å². The summed E-state index contributed by atoms with van der Waals surface area (Å²) in [4.78, 5) is 16.7. The molecule has 4 heteroatoms. The van der Waals surface area contributed by atoms with Crippen LogP contribution in [0, 0.1) is 0 Å². The Kier molecular flexibility index (Phi) is 3.39. The Morgan fingerprint density at radius 3 is 2.50 bits per heavy atom. The molecule has 0 saturated heterocycles. The Labute approximate surface area is 120 Å². The quantitative estimate of drug-likeness (QED) is 0.785. The van der Waals surface area contributed by atoms with E-state index < -0.39 is 5.97 Å². The van der Waals surface area contributed by atoms with Crippen LogP contribution in [0.3, 0.4) is 0 Å². The predicted octanol–water partition coefficient (Wildman–Crippen LogP) is 4.08. The van der Waals surface area contributed by atoms with Gasteiger partial charge in [0.25, 0.3) is 0 Å². The lowest BCUT2D eigenvalue weighted by Gasteiger charge is -2.04. The maximum atomic E-state index is 10.9. The van der Waals surface area contributed by atoms with Crippen molar-refractivity contribution in [2.24, 2.45) is 0 Å². The largest absolute Gasteiger partial charge is 0.477 e. The average molecular weight is 281 g/mol. The lowest BCUT2D eigenvalue weighted by molar-refractivity contribution is 0.0690. The minimum Gasteiger partial charge on any atom is -0.477 e. The summed E-state index contributed by atoms with van der Waals surface area (Å²) in [7, 11) is 0. The van der Waals surface area contributed by atoms with Crippen molar-refractivity contribution < 1.29 is 9.90 Å². The van der Waals surface area contributed by atoms with E-state index >= 15 is 0 Å².